The van der Waals surface area contributed by atoms with E-state index >= 15 is 0 Å². The number of carbonyl (C=O) groups excluding carboxylic acids is 1. The summed E-state index contributed by atoms with van der Waals surface area (Å²) in [6, 6.07) is 14.9. The van der Waals surface area contributed by atoms with Crippen LogP contribution in [-0.2, 0) is 5.11 Å². The van der Waals surface area contributed by atoms with Crippen LogP contribution in [0.25, 0.3) is 21.5 Å². The minimum atomic E-state index is -0.180. The number of unbranched alkanes of at least 4 members (excludes halogenated alkanes) is 1. The predicted molar refractivity (Wildman–Crippen MR) is 88.8 cm³/mol. The van der Waals surface area contributed by atoms with Crippen molar-refractivity contribution in [1.29, 1.82) is 0 Å². The first kappa shape index (κ1) is 14.4. The van der Waals surface area contributed by atoms with Crippen molar-refractivity contribution in [3.63, 3.8) is 0 Å². The Morgan fingerprint density at radius 2 is 1.82 bits per heavy atom. The van der Waals surface area contributed by atoms with E-state index in [-0.39, 0.29) is 11.7 Å². The van der Waals surface area contributed by atoms with Gasteiger partial charge in [-0.1, -0.05) is 43.7 Å². The molecule has 3 aromatic rings. The number of hydrogen-bond donors (Lipinski definition) is 1. The molecule has 0 spiro atoms. The average molecular weight is 292 g/mol. The standard InChI is InChI=1S/C19H18NO2/c1-2-3-10-20-19(22)14-11-17-15-7-5-4-6-13(15)8-9-16(17)18(21)12-14/h4-9,11-12H,2-3,10H2,1H3,(H,20,22). The number of rotatable bonds is 4. The highest BCUT2D eigenvalue weighted by Gasteiger charge is 2.12. The minimum Gasteiger partial charge on any atom is -0.352 e. The van der Waals surface area contributed by atoms with Crippen molar-refractivity contribution < 1.29 is 9.90 Å². The second kappa shape index (κ2) is 6.06. The summed E-state index contributed by atoms with van der Waals surface area (Å²) in [6.07, 6.45) is 1.96. The van der Waals surface area contributed by atoms with Gasteiger partial charge in [-0.15, -0.1) is 0 Å². The quantitative estimate of drug-likeness (QED) is 0.551. The van der Waals surface area contributed by atoms with E-state index in [0.29, 0.717) is 17.5 Å². The molecule has 0 heterocycles. The van der Waals surface area contributed by atoms with Gasteiger partial charge >= 0.3 is 0 Å². The third kappa shape index (κ3) is 2.62. The van der Waals surface area contributed by atoms with Crippen molar-refractivity contribution >= 4 is 27.5 Å². The minimum absolute atomic E-state index is 0.108. The lowest BCUT2D eigenvalue weighted by Gasteiger charge is -2.08. The fourth-order valence-electron chi connectivity index (χ4n) is 2.69. The first-order valence-corrected chi connectivity index (χ1v) is 7.61. The van der Waals surface area contributed by atoms with Gasteiger partial charge in [-0.3, -0.25) is 9.90 Å². The molecule has 1 radical (unpaired) electrons. The van der Waals surface area contributed by atoms with Crippen molar-refractivity contribution in [2.24, 2.45) is 0 Å². The van der Waals surface area contributed by atoms with Crippen LogP contribution in [0.3, 0.4) is 0 Å². The van der Waals surface area contributed by atoms with Gasteiger partial charge < -0.3 is 5.32 Å². The average Bonchev–Trinajstić information content (AvgIpc) is 2.54. The van der Waals surface area contributed by atoms with E-state index in [4.69, 9.17) is 0 Å². The summed E-state index contributed by atoms with van der Waals surface area (Å²) in [5.74, 6) is -0.288. The van der Waals surface area contributed by atoms with Crippen LogP contribution in [0.1, 0.15) is 30.1 Å². The number of hydrogen-bond acceptors (Lipinski definition) is 1. The van der Waals surface area contributed by atoms with E-state index in [1.54, 1.807) is 0 Å². The maximum Gasteiger partial charge on any atom is 0.251 e. The predicted octanol–water partition coefficient (Wildman–Crippen LogP) is 4.67. The molecule has 0 aromatic heterocycles. The van der Waals surface area contributed by atoms with E-state index in [1.807, 2.05) is 42.5 Å². The van der Waals surface area contributed by atoms with E-state index < -0.39 is 0 Å². The molecular formula is C19H18NO2. The molecule has 3 aromatic carbocycles. The van der Waals surface area contributed by atoms with Gasteiger partial charge in [0.2, 0.25) is 0 Å². The molecule has 0 unspecified atom stereocenters. The summed E-state index contributed by atoms with van der Waals surface area (Å²) in [5.41, 5.74) is 0.435. The van der Waals surface area contributed by atoms with Crippen molar-refractivity contribution in [2.75, 3.05) is 6.54 Å². The molecule has 0 bridgehead atoms. The third-order valence-corrected chi connectivity index (χ3v) is 3.90. The van der Waals surface area contributed by atoms with Crippen LogP contribution in [0, 0.1) is 0 Å². The molecule has 1 N–H and O–H groups in total. The summed E-state index contributed by atoms with van der Waals surface area (Å²) < 4.78 is 0. The lowest BCUT2D eigenvalue weighted by atomic mass is 9.99. The van der Waals surface area contributed by atoms with Crippen LogP contribution in [0.5, 0.6) is 5.75 Å². The van der Waals surface area contributed by atoms with Crippen molar-refractivity contribution in [2.45, 2.75) is 19.8 Å². The molecular weight excluding hydrogens is 274 g/mol. The second-order valence-corrected chi connectivity index (χ2v) is 5.47. The Morgan fingerprint density at radius 1 is 1.00 bits per heavy atom. The molecule has 0 saturated heterocycles. The van der Waals surface area contributed by atoms with Gasteiger partial charge in [0.15, 0.2) is 5.75 Å². The molecule has 3 heteroatoms. The van der Waals surface area contributed by atoms with Crippen molar-refractivity contribution in [3.8, 4) is 5.75 Å². The summed E-state index contributed by atoms with van der Waals surface area (Å²) in [4.78, 5) is 12.2. The van der Waals surface area contributed by atoms with E-state index in [9.17, 15) is 9.90 Å². The number of fused-ring (bicyclic) bond motifs is 3. The Morgan fingerprint density at radius 3 is 2.64 bits per heavy atom. The van der Waals surface area contributed by atoms with Crippen LogP contribution in [0.15, 0.2) is 48.5 Å². The zero-order valence-electron chi connectivity index (χ0n) is 12.6. The van der Waals surface area contributed by atoms with Crippen LogP contribution >= 0.6 is 0 Å². The summed E-state index contributed by atoms with van der Waals surface area (Å²) >= 11 is 0. The normalized spacial score (nSPS) is 11.0. The van der Waals surface area contributed by atoms with Crippen LogP contribution in [-0.4, -0.2) is 12.5 Å². The van der Waals surface area contributed by atoms with E-state index in [1.165, 1.54) is 6.07 Å². The molecule has 22 heavy (non-hydrogen) atoms. The Kier molecular flexibility index (Phi) is 3.96. The van der Waals surface area contributed by atoms with Gasteiger partial charge in [-0.2, -0.15) is 0 Å². The topological polar surface area (TPSA) is 49.0 Å². The highest BCUT2D eigenvalue weighted by atomic mass is 16.3. The molecule has 0 atom stereocenters. The first-order valence-electron chi connectivity index (χ1n) is 7.61. The first-order chi connectivity index (χ1) is 10.7. The monoisotopic (exact) mass is 292 g/mol. The number of benzene rings is 3. The fraction of sp³-hybridized carbons (Fsp3) is 0.211. The smallest absolute Gasteiger partial charge is 0.251 e. The molecule has 111 valence electrons. The highest BCUT2D eigenvalue weighted by molar-refractivity contribution is 6.12. The van der Waals surface area contributed by atoms with E-state index in [0.717, 1.165) is 29.0 Å². The van der Waals surface area contributed by atoms with Gasteiger partial charge in [0.1, 0.15) is 0 Å². The fourth-order valence-corrected chi connectivity index (χ4v) is 2.69. The van der Waals surface area contributed by atoms with Gasteiger partial charge in [0.25, 0.3) is 5.91 Å². The van der Waals surface area contributed by atoms with Crippen molar-refractivity contribution in [1.82, 2.24) is 5.32 Å². The maximum atomic E-state index is 12.3. The van der Waals surface area contributed by atoms with Gasteiger partial charge in [-0.05, 0) is 40.8 Å². The Labute approximate surface area is 129 Å². The molecule has 0 aliphatic carbocycles. The Bertz CT molecular complexity index is 839. The molecule has 3 nitrogen and oxygen atoms in total. The molecule has 3 rings (SSSR count). The second-order valence-electron chi connectivity index (χ2n) is 5.47. The number of carbonyl (C=O) groups is 1. The number of amides is 1. The molecule has 1 amide bonds. The lowest BCUT2D eigenvalue weighted by Crippen LogP contribution is -2.24. The highest BCUT2D eigenvalue weighted by Crippen LogP contribution is 2.32. The summed E-state index contributed by atoms with van der Waals surface area (Å²) in [7, 11) is 0. The zero-order chi connectivity index (χ0) is 15.5. The van der Waals surface area contributed by atoms with Crippen LogP contribution in [0.2, 0.25) is 0 Å². The van der Waals surface area contributed by atoms with Gasteiger partial charge in [-0.25, -0.2) is 0 Å². The molecule has 0 saturated carbocycles. The Balaban J connectivity index is 2.09. The van der Waals surface area contributed by atoms with Crippen LogP contribution in [0.4, 0.5) is 0 Å². The van der Waals surface area contributed by atoms with Crippen molar-refractivity contribution in [3.05, 3.63) is 54.1 Å². The molecule has 0 aliphatic rings. The van der Waals surface area contributed by atoms with Gasteiger partial charge in [0, 0.05) is 17.5 Å². The zero-order valence-corrected chi connectivity index (χ0v) is 12.6. The summed E-state index contributed by atoms with van der Waals surface area (Å²) in [6.45, 7) is 2.71. The molecule has 0 aliphatic heterocycles. The Hall–Kier alpha value is -2.55. The van der Waals surface area contributed by atoms with Gasteiger partial charge in [0.05, 0.1) is 0 Å². The van der Waals surface area contributed by atoms with E-state index in [2.05, 4.69) is 12.2 Å². The maximum absolute atomic E-state index is 12.3. The SMILES string of the molecule is CCCCNC(=O)c1cc([O])c2ccc3ccccc3c2c1. The number of nitrogens with one attached hydrogen (secondary N) is 1. The van der Waals surface area contributed by atoms with Crippen LogP contribution < -0.4 is 5.32 Å². The summed E-state index contributed by atoms with van der Waals surface area (Å²) in [5, 5.41) is 18.7. The largest absolute Gasteiger partial charge is 0.352 e. The third-order valence-electron chi connectivity index (χ3n) is 3.90. The molecule has 0 fully saturated rings. The lowest BCUT2D eigenvalue weighted by molar-refractivity contribution is 0.0952.